The van der Waals surface area contributed by atoms with Crippen molar-refractivity contribution in [1.29, 1.82) is 0 Å². The molecule has 1 aliphatic heterocycles. The Morgan fingerprint density at radius 1 is 1.25 bits per heavy atom. The molecule has 1 aromatic heterocycles. The van der Waals surface area contributed by atoms with Gasteiger partial charge in [0.1, 0.15) is 5.01 Å². The predicted octanol–water partition coefficient (Wildman–Crippen LogP) is 3.23. The van der Waals surface area contributed by atoms with Crippen molar-refractivity contribution in [3.8, 4) is 10.6 Å². The van der Waals surface area contributed by atoms with E-state index >= 15 is 0 Å². The van der Waals surface area contributed by atoms with Crippen LogP contribution in [-0.2, 0) is 9.53 Å². The molecule has 1 fully saturated rings. The maximum absolute atomic E-state index is 12.1. The number of nitrogens with zero attached hydrogens (tertiary/aromatic N) is 2. The van der Waals surface area contributed by atoms with E-state index in [1.807, 2.05) is 30.3 Å². The summed E-state index contributed by atoms with van der Waals surface area (Å²) in [5.74, 6) is -0.0241. The van der Waals surface area contributed by atoms with Crippen LogP contribution in [0.2, 0.25) is 0 Å². The number of aromatic nitrogens is 1. The fourth-order valence-corrected chi connectivity index (χ4v) is 3.43. The van der Waals surface area contributed by atoms with E-state index in [1.165, 1.54) is 11.3 Å². The van der Waals surface area contributed by atoms with Crippen molar-refractivity contribution in [2.24, 2.45) is 5.92 Å². The lowest BCUT2D eigenvalue weighted by Gasteiger charge is -2.30. The second-order valence-corrected chi connectivity index (χ2v) is 6.90. The molecule has 5 nitrogen and oxygen atoms in total. The lowest BCUT2D eigenvalue weighted by atomic mass is 9.99. The van der Waals surface area contributed by atoms with Gasteiger partial charge in [0.25, 0.3) is 5.91 Å². The highest BCUT2D eigenvalue weighted by atomic mass is 32.1. The molecule has 24 heavy (non-hydrogen) atoms. The number of amides is 1. The third kappa shape index (κ3) is 4.00. The third-order valence-electron chi connectivity index (χ3n) is 4.20. The van der Waals surface area contributed by atoms with Crippen molar-refractivity contribution in [3.63, 3.8) is 0 Å². The van der Waals surface area contributed by atoms with Crippen molar-refractivity contribution in [3.05, 3.63) is 41.4 Å². The Hall–Kier alpha value is -2.21. The van der Waals surface area contributed by atoms with Crippen LogP contribution in [0, 0.1) is 5.92 Å². The van der Waals surface area contributed by atoms with Crippen molar-refractivity contribution in [2.75, 3.05) is 19.7 Å². The summed E-state index contributed by atoms with van der Waals surface area (Å²) in [6.07, 6.45) is 2.01. The van der Waals surface area contributed by atoms with Crippen LogP contribution in [0.3, 0.4) is 0 Å². The van der Waals surface area contributed by atoms with Gasteiger partial charge in [0.15, 0.2) is 12.3 Å². The molecule has 3 rings (SSSR count). The molecule has 1 aliphatic rings. The smallest absolute Gasteiger partial charge is 0.358 e. The summed E-state index contributed by atoms with van der Waals surface area (Å²) >= 11 is 1.39. The molecule has 2 heterocycles. The van der Waals surface area contributed by atoms with Crippen LogP contribution in [0.25, 0.3) is 10.6 Å². The molecule has 126 valence electrons. The summed E-state index contributed by atoms with van der Waals surface area (Å²) in [6, 6.07) is 9.66. The highest BCUT2D eigenvalue weighted by molar-refractivity contribution is 7.13. The third-order valence-corrected chi connectivity index (χ3v) is 5.09. The minimum Gasteiger partial charge on any atom is -0.451 e. The molecule has 0 atom stereocenters. The van der Waals surface area contributed by atoms with E-state index in [0.717, 1.165) is 36.5 Å². The van der Waals surface area contributed by atoms with Crippen molar-refractivity contribution < 1.29 is 14.3 Å². The number of rotatable bonds is 4. The van der Waals surface area contributed by atoms with E-state index in [1.54, 1.807) is 10.3 Å². The van der Waals surface area contributed by atoms with E-state index < -0.39 is 5.97 Å². The van der Waals surface area contributed by atoms with Crippen molar-refractivity contribution in [1.82, 2.24) is 9.88 Å². The minimum atomic E-state index is -0.549. The number of ether oxygens (including phenoxy) is 1. The number of carbonyl (C=O) groups is 2. The molecule has 0 saturated carbocycles. The normalized spacial score (nSPS) is 15.3. The fraction of sp³-hybridized carbons (Fsp3) is 0.389. The quantitative estimate of drug-likeness (QED) is 0.799. The molecule has 1 amide bonds. The van der Waals surface area contributed by atoms with Gasteiger partial charge in [0.05, 0.1) is 0 Å². The number of hydrogen-bond acceptors (Lipinski definition) is 5. The number of carbonyl (C=O) groups excluding carboxylic acids is 2. The topological polar surface area (TPSA) is 59.5 Å². The minimum absolute atomic E-state index is 0.131. The van der Waals surface area contributed by atoms with Gasteiger partial charge in [-0.15, -0.1) is 11.3 Å². The lowest BCUT2D eigenvalue weighted by molar-refractivity contribution is -0.135. The molecular formula is C18H20N2O3S. The molecule has 0 unspecified atom stereocenters. The summed E-state index contributed by atoms with van der Waals surface area (Å²) in [6.45, 7) is 3.46. The Morgan fingerprint density at radius 2 is 1.96 bits per heavy atom. The van der Waals surface area contributed by atoms with Crippen LogP contribution in [0.15, 0.2) is 35.7 Å². The molecule has 0 aliphatic carbocycles. The zero-order chi connectivity index (χ0) is 16.9. The fourth-order valence-electron chi connectivity index (χ4n) is 2.63. The van der Waals surface area contributed by atoms with Crippen molar-refractivity contribution in [2.45, 2.75) is 19.8 Å². The number of benzene rings is 1. The van der Waals surface area contributed by atoms with E-state index in [-0.39, 0.29) is 18.2 Å². The molecule has 6 heteroatoms. The first-order valence-electron chi connectivity index (χ1n) is 8.09. The Labute approximate surface area is 145 Å². The first-order chi connectivity index (χ1) is 11.6. The van der Waals surface area contributed by atoms with Crippen LogP contribution in [0.1, 0.15) is 30.3 Å². The average molecular weight is 344 g/mol. The van der Waals surface area contributed by atoms with E-state index in [2.05, 4.69) is 11.9 Å². The van der Waals surface area contributed by atoms with Gasteiger partial charge in [-0.05, 0) is 18.8 Å². The van der Waals surface area contributed by atoms with Crippen LogP contribution in [0.4, 0.5) is 0 Å². The summed E-state index contributed by atoms with van der Waals surface area (Å²) < 4.78 is 5.13. The molecular weight excluding hydrogens is 324 g/mol. The van der Waals surface area contributed by atoms with Crippen LogP contribution < -0.4 is 0 Å². The maximum Gasteiger partial charge on any atom is 0.358 e. The summed E-state index contributed by atoms with van der Waals surface area (Å²) in [5, 5.41) is 2.43. The number of piperidine rings is 1. The van der Waals surface area contributed by atoms with E-state index in [0.29, 0.717) is 5.92 Å². The van der Waals surface area contributed by atoms with Gasteiger partial charge < -0.3 is 9.64 Å². The van der Waals surface area contributed by atoms with E-state index in [4.69, 9.17) is 4.74 Å². The van der Waals surface area contributed by atoms with Crippen LogP contribution in [-0.4, -0.2) is 41.5 Å². The highest BCUT2D eigenvalue weighted by Crippen LogP contribution is 2.23. The van der Waals surface area contributed by atoms with Crippen LogP contribution in [0.5, 0.6) is 0 Å². The van der Waals surface area contributed by atoms with Gasteiger partial charge in [-0.1, -0.05) is 37.3 Å². The number of hydrogen-bond donors (Lipinski definition) is 0. The van der Waals surface area contributed by atoms with E-state index in [9.17, 15) is 9.59 Å². The first kappa shape index (κ1) is 16.6. The second kappa shape index (κ2) is 7.57. The summed E-state index contributed by atoms with van der Waals surface area (Å²) in [7, 11) is 0. The largest absolute Gasteiger partial charge is 0.451 e. The van der Waals surface area contributed by atoms with Gasteiger partial charge >= 0.3 is 5.97 Å². The van der Waals surface area contributed by atoms with Gasteiger partial charge in [0.2, 0.25) is 0 Å². The Balaban J connectivity index is 1.54. The number of esters is 1. The molecule has 2 aromatic rings. The molecule has 0 radical (unpaired) electrons. The second-order valence-electron chi connectivity index (χ2n) is 6.04. The molecule has 1 aromatic carbocycles. The Bertz CT molecular complexity index is 706. The van der Waals surface area contributed by atoms with Crippen LogP contribution >= 0.6 is 11.3 Å². The van der Waals surface area contributed by atoms with Gasteiger partial charge in [-0.25, -0.2) is 9.78 Å². The Morgan fingerprint density at radius 3 is 2.67 bits per heavy atom. The van der Waals surface area contributed by atoms with Gasteiger partial charge in [0, 0.05) is 24.0 Å². The zero-order valence-corrected chi connectivity index (χ0v) is 14.4. The molecule has 1 saturated heterocycles. The number of thiazole rings is 1. The lowest BCUT2D eigenvalue weighted by Crippen LogP contribution is -2.40. The summed E-state index contributed by atoms with van der Waals surface area (Å²) in [5.41, 5.74) is 1.21. The standard InChI is InChI=1S/C18H20N2O3S/c1-13-7-9-20(10-8-13)16(21)11-23-18(22)15-12-24-17(19-15)14-5-3-2-4-6-14/h2-6,12-13H,7-11H2,1H3. The Kier molecular flexibility index (Phi) is 5.25. The predicted molar refractivity (Wildman–Crippen MR) is 92.8 cm³/mol. The SMILES string of the molecule is CC1CCN(C(=O)COC(=O)c2csc(-c3ccccc3)n2)CC1. The average Bonchev–Trinajstić information content (AvgIpc) is 3.11. The zero-order valence-electron chi connectivity index (χ0n) is 13.6. The number of likely N-dealkylation sites (tertiary alicyclic amines) is 1. The first-order valence-corrected chi connectivity index (χ1v) is 8.97. The monoisotopic (exact) mass is 344 g/mol. The van der Waals surface area contributed by atoms with Gasteiger partial charge in [-0.2, -0.15) is 0 Å². The molecule has 0 spiro atoms. The summed E-state index contributed by atoms with van der Waals surface area (Å²) in [4.78, 5) is 30.2. The maximum atomic E-state index is 12.1. The molecule has 0 N–H and O–H groups in total. The highest BCUT2D eigenvalue weighted by Gasteiger charge is 2.22. The molecule has 0 bridgehead atoms. The van der Waals surface area contributed by atoms with Crippen molar-refractivity contribution >= 4 is 23.2 Å². The van der Waals surface area contributed by atoms with Gasteiger partial charge in [-0.3, -0.25) is 4.79 Å².